The van der Waals surface area contributed by atoms with Crippen molar-refractivity contribution in [3.8, 4) is 12.0 Å². The second-order valence-electron chi connectivity index (χ2n) is 0.946. The van der Waals surface area contributed by atoms with E-state index < -0.39 is 6.09 Å². The van der Waals surface area contributed by atoms with Crippen LogP contribution < -0.4 is 11.3 Å². The van der Waals surface area contributed by atoms with Gasteiger partial charge in [-0.25, -0.2) is 10.6 Å². The van der Waals surface area contributed by atoms with Gasteiger partial charge in [-0.1, -0.05) is 22.6 Å². The number of hydrogen-bond acceptors (Lipinski definition) is 3. The molecule has 0 radical (unpaired) electrons. The van der Waals surface area contributed by atoms with Crippen molar-refractivity contribution >= 4 is 28.7 Å². The molecule has 0 rings (SSSR count). The summed E-state index contributed by atoms with van der Waals surface area (Å²) >= 11 is 2.03. The van der Waals surface area contributed by atoms with Gasteiger partial charge in [-0.3, -0.25) is 5.43 Å². The molecule has 50 valence electrons. The predicted molar refractivity (Wildman–Crippen MR) is 40.5 cm³/mol. The van der Waals surface area contributed by atoms with E-state index in [1.54, 1.807) is 5.43 Å². The average molecular weight is 240 g/mol. The third-order valence-electron chi connectivity index (χ3n) is 0.401. The maximum Gasteiger partial charge on any atom is 0.435 e. The number of ether oxygens (including phenoxy) is 1. The Bertz CT molecular complexity index is 148. The number of hydrazine groups is 1. The first-order valence-corrected chi connectivity index (χ1v) is 3.55. The number of rotatable bonds is 0. The molecule has 0 unspecified atom stereocenters. The molecule has 0 spiro atoms. The largest absolute Gasteiger partial charge is 0.435 e. The second kappa shape index (κ2) is 5.65. The van der Waals surface area contributed by atoms with E-state index in [9.17, 15) is 4.79 Å². The number of nitrogens with one attached hydrogen (secondary N) is 1. The number of nitrogens with two attached hydrogens (primary N) is 1. The summed E-state index contributed by atoms with van der Waals surface area (Å²) in [6.07, 6.45) is 1.39. The standard InChI is InChI=1S/C4H5IN2O2/c5-2-1-3-9-4(8)7-6/h2,6H2,(H,7,8). The van der Waals surface area contributed by atoms with Crippen LogP contribution in [0.1, 0.15) is 0 Å². The summed E-state index contributed by atoms with van der Waals surface area (Å²) in [4.78, 5) is 10.1. The molecule has 0 aromatic rings. The Kier molecular flexibility index (Phi) is 5.35. The fraction of sp³-hybridized carbons (Fsp3) is 0.250. The SMILES string of the molecule is NNC(=O)OC#CCI. The first kappa shape index (κ1) is 8.52. The lowest BCUT2D eigenvalue weighted by Crippen LogP contribution is -2.29. The lowest BCUT2D eigenvalue weighted by Gasteiger charge is -1.89. The highest BCUT2D eigenvalue weighted by molar-refractivity contribution is 14.1. The van der Waals surface area contributed by atoms with Crippen LogP contribution in [0.3, 0.4) is 0 Å². The monoisotopic (exact) mass is 240 g/mol. The minimum Gasteiger partial charge on any atom is -0.355 e. The fourth-order valence-corrected chi connectivity index (χ4v) is 0.295. The Morgan fingerprint density at radius 2 is 2.56 bits per heavy atom. The Balaban J connectivity index is 3.37. The smallest absolute Gasteiger partial charge is 0.355 e. The molecular weight excluding hydrogens is 235 g/mol. The van der Waals surface area contributed by atoms with Gasteiger partial charge in [-0.05, 0) is 5.92 Å². The Morgan fingerprint density at radius 1 is 1.89 bits per heavy atom. The maximum atomic E-state index is 10.1. The van der Waals surface area contributed by atoms with Gasteiger partial charge < -0.3 is 4.74 Å². The molecule has 0 aliphatic rings. The van der Waals surface area contributed by atoms with E-state index >= 15 is 0 Å². The maximum absolute atomic E-state index is 10.1. The Morgan fingerprint density at radius 3 is 3.00 bits per heavy atom. The molecule has 5 heteroatoms. The topological polar surface area (TPSA) is 64.3 Å². The molecule has 1 amide bonds. The normalized spacial score (nSPS) is 6.89. The van der Waals surface area contributed by atoms with E-state index in [4.69, 9.17) is 0 Å². The van der Waals surface area contributed by atoms with Gasteiger partial charge in [0.15, 0.2) is 0 Å². The molecule has 0 aromatic heterocycles. The Hall–Kier alpha value is -0.480. The third-order valence-corrected chi connectivity index (χ3v) is 0.782. The van der Waals surface area contributed by atoms with Crippen molar-refractivity contribution in [2.45, 2.75) is 0 Å². The minimum absolute atomic E-state index is 0.621. The summed E-state index contributed by atoms with van der Waals surface area (Å²) in [6, 6.07) is 0. The molecule has 3 N–H and O–H groups in total. The van der Waals surface area contributed by atoms with Crippen molar-refractivity contribution in [3.63, 3.8) is 0 Å². The summed E-state index contributed by atoms with van der Waals surface area (Å²) in [5.41, 5.74) is 1.76. The molecule has 0 aromatic carbocycles. The second-order valence-corrected chi connectivity index (χ2v) is 1.71. The highest BCUT2D eigenvalue weighted by Crippen LogP contribution is 1.75. The third kappa shape index (κ3) is 5.39. The molecule has 0 atom stereocenters. The molecule has 0 heterocycles. The number of amides is 1. The van der Waals surface area contributed by atoms with Crippen LogP contribution in [0.5, 0.6) is 0 Å². The van der Waals surface area contributed by atoms with Gasteiger partial charge in [-0.15, -0.1) is 0 Å². The van der Waals surface area contributed by atoms with Crippen LogP contribution in [0.4, 0.5) is 4.79 Å². The molecule has 4 nitrogen and oxygen atoms in total. The van der Waals surface area contributed by atoms with Crippen molar-refractivity contribution in [2.24, 2.45) is 5.84 Å². The van der Waals surface area contributed by atoms with E-state index in [-0.39, 0.29) is 0 Å². The predicted octanol–water partition coefficient (Wildman–Crippen LogP) is -0.0178. The summed E-state index contributed by atoms with van der Waals surface area (Å²) in [6.45, 7) is 0. The van der Waals surface area contributed by atoms with Crippen LogP contribution in [0.25, 0.3) is 0 Å². The van der Waals surface area contributed by atoms with Gasteiger partial charge in [0.25, 0.3) is 0 Å². The first-order chi connectivity index (χ1) is 4.31. The molecule has 0 fully saturated rings. The molecule has 0 aliphatic heterocycles. The van der Waals surface area contributed by atoms with Crippen LogP contribution in [0.2, 0.25) is 0 Å². The average Bonchev–Trinajstić information content (AvgIpc) is 1.89. The fourth-order valence-electron chi connectivity index (χ4n) is 0.139. The van der Waals surface area contributed by atoms with Crippen LogP contribution in [-0.2, 0) is 4.74 Å². The van der Waals surface area contributed by atoms with E-state index in [0.717, 1.165) is 0 Å². The van der Waals surface area contributed by atoms with E-state index in [0.29, 0.717) is 4.43 Å². The van der Waals surface area contributed by atoms with Crippen molar-refractivity contribution in [2.75, 3.05) is 4.43 Å². The van der Waals surface area contributed by atoms with Gasteiger partial charge in [-0.2, -0.15) is 0 Å². The Labute approximate surface area is 66.2 Å². The molecule has 9 heavy (non-hydrogen) atoms. The number of hydrogen-bond donors (Lipinski definition) is 2. The quantitative estimate of drug-likeness (QED) is 0.156. The van der Waals surface area contributed by atoms with Gasteiger partial charge in [0.1, 0.15) is 6.11 Å². The number of carbonyl (C=O) groups excluding carboxylic acids is 1. The van der Waals surface area contributed by atoms with E-state index in [1.165, 1.54) is 0 Å². The lowest BCUT2D eigenvalue weighted by atomic mass is 10.8. The van der Waals surface area contributed by atoms with E-state index in [2.05, 4.69) is 22.6 Å². The molecule has 0 saturated carbocycles. The molecule has 0 bridgehead atoms. The molecule has 0 saturated heterocycles. The number of alkyl halides is 1. The highest BCUT2D eigenvalue weighted by atomic mass is 127. The molecule has 0 aliphatic carbocycles. The minimum atomic E-state index is -0.743. The van der Waals surface area contributed by atoms with Gasteiger partial charge in [0.05, 0.1) is 4.43 Å². The van der Waals surface area contributed by atoms with E-state index in [1.807, 2.05) is 22.6 Å². The number of halogens is 1. The van der Waals surface area contributed by atoms with Crippen molar-refractivity contribution in [3.05, 3.63) is 0 Å². The number of carbonyl (C=O) groups is 1. The van der Waals surface area contributed by atoms with Gasteiger partial charge in [0, 0.05) is 0 Å². The van der Waals surface area contributed by atoms with Crippen LogP contribution in [0, 0.1) is 12.0 Å². The van der Waals surface area contributed by atoms with Crippen LogP contribution >= 0.6 is 22.6 Å². The zero-order chi connectivity index (χ0) is 7.11. The first-order valence-electron chi connectivity index (χ1n) is 2.02. The van der Waals surface area contributed by atoms with Gasteiger partial charge in [0.2, 0.25) is 0 Å². The van der Waals surface area contributed by atoms with Gasteiger partial charge >= 0.3 is 6.09 Å². The summed E-state index contributed by atoms with van der Waals surface area (Å²) in [7, 11) is 0. The van der Waals surface area contributed by atoms with Crippen molar-refractivity contribution < 1.29 is 9.53 Å². The lowest BCUT2D eigenvalue weighted by molar-refractivity contribution is 0.192. The highest BCUT2D eigenvalue weighted by Gasteiger charge is 1.90. The van der Waals surface area contributed by atoms with Crippen LogP contribution in [-0.4, -0.2) is 10.5 Å². The summed E-state index contributed by atoms with van der Waals surface area (Å²) in [5.74, 6) is 7.17. The van der Waals surface area contributed by atoms with Crippen LogP contribution in [0.15, 0.2) is 0 Å². The zero-order valence-corrected chi connectivity index (χ0v) is 6.64. The summed E-state index contributed by atoms with van der Waals surface area (Å²) in [5, 5.41) is 0. The van der Waals surface area contributed by atoms with Crippen molar-refractivity contribution in [1.29, 1.82) is 0 Å². The summed E-state index contributed by atoms with van der Waals surface area (Å²) < 4.78 is 4.81. The van der Waals surface area contributed by atoms with Crippen molar-refractivity contribution in [1.82, 2.24) is 5.43 Å². The molecular formula is C4H5IN2O2. The zero-order valence-electron chi connectivity index (χ0n) is 4.48.